The summed E-state index contributed by atoms with van der Waals surface area (Å²) in [5.74, 6) is 2.25. The van der Waals surface area contributed by atoms with Gasteiger partial charge in [0, 0.05) is 30.9 Å². The van der Waals surface area contributed by atoms with E-state index in [-0.39, 0.29) is 0 Å². The van der Waals surface area contributed by atoms with Crippen molar-refractivity contribution in [2.75, 3.05) is 32.2 Å². The van der Waals surface area contributed by atoms with Gasteiger partial charge in [-0.25, -0.2) is 0 Å². The Morgan fingerprint density at radius 1 is 0.947 bits per heavy atom. The van der Waals surface area contributed by atoms with Crippen LogP contribution in [0.15, 0.2) is 54.6 Å². The van der Waals surface area contributed by atoms with E-state index >= 15 is 0 Å². The van der Waals surface area contributed by atoms with Crippen LogP contribution in [-0.4, -0.2) is 38.5 Å². The molecular formula is C33H44N2O3. The zero-order valence-corrected chi connectivity index (χ0v) is 23.7. The monoisotopic (exact) mass is 516 g/mol. The third-order valence-electron chi connectivity index (χ3n) is 8.03. The van der Waals surface area contributed by atoms with Gasteiger partial charge in [0.1, 0.15) is 5.75 Å². The van der Waals surface area contributed by atoms with Gasteiger partial charge in [0.25, 0.3) is 0 Å². The van der Waals surface area contributed by atoms with Crippen LogP contribution in [0, 0.1) is 0 Å². The Morgan fingerprint density at radius 2 is 1.66 bits per heavy atom. The van der Waals surface area contributed by atoms with Crippen molar-refractivity contribution >= 4 is 5.69 Å². The molecule has 5 heteroatoms. The first-order valence-corrected chi connectivity index (χ1v) is 14.1. The first-order valence-electron chi connectivity index (χ1n) is 14.1. The predicted molar refractivity (Wildman–Crippen MR) is 157 cm³/mol. The topological polar surface area (TPSA) is 54.0 Å². The summed E-state index contributed by atoms with van der Waals surface area (Å²) in [6, 6.07) is 19.8. The molecule has 0 radical (unpaired) electrons. The lowest BCUT2D eigenvalue weighted by Gasteiger charge is -2.32. The van der Waals surface area contributed by atoms with E-state index in [1.807, 2.05) is 6.07 Å². The number of nitrogens with zero attached hydrogens (tertiary/aromatic N) is 1. The molecule has 0 aliphatic heterocycles. The number of ether oxygens (including phenoxy) is 2. The van der Waals surface area contributed by atoms with Crippen LogP contribution < -0.4 is 19.7 Å². The normalized spacial score (nSPS) is 15.6. The highest BCUT2D eigenvalue weighted by Gasteiger charge is 2.26. The lowest BCUT2D eigenvalue weighted by Crippen LogP contribution is -2.27. The lowest BCUT2D eigenvalue weighted by molar-refractivity contribution is 0.354. The highest BCUT2D eigenvalue weighted by molar-refractivity contribution is 5.64. The molecule has 0 saturated heterocycles. The van der Waals surface area contributed by atoms with Gasteiger partial charge in [-0.2, -0.15) is 0 Å². The second-order valence-electron chi connectivity index (χ2n) is 10.5. The van der Waals surface area contributed by atoms with E-state index in [0.717, 1.165) is 63.2 Å². The van der Waals surface area contributed by atoms with Crippen LogP contribution in [0.5, 0.6) is 17.2 Å². The van der Waals surface area contributed by atoms with Crippen LogP contribution in [0.1, 0.15) is 67.3 Å². The summed E-state index contributed by atoms with van der Waals surface area (Å²) in [6.45, 7) is 9.40. The number of phenols is 1. The van der Waals surface area contributed by atoms with Gasteiger partial charge >= 0.3 is 0 Å². The number of methoxy groups -OCH3 is 2. The third kappa shape index (κ3) is 6.63. The summed E-state index contributed by atoms with van der Waals surface area (Å²) in [4.78, 5) is 2.45. The van der Waals surface area contributed by atoms with Crippen LogP contribution in [0.3, 0.4) is 0 Å². The molecule has 0 saturated carbocycles. The van der Waals surface area contributed by atoms with Gasteiger partial charge in [-0.1, -0.05) is 37.3 Å². The minimum atomic E-state index is 0.351. The van der Waals surface area contributed by atoms with Crippen molar-refractivity contribution in [1.82, 2.24) is 5.32 Å². The summed E-state index contributed by atoms with van der Waals surface area (Å²) < 4.78 is 11.5. The summed E-state index contributed by atoms with van der Waals surface area (Å²) in [5.41, 5.74) is 7.76. The van der Waals surface area contributed by atoms with Gasteiger partial charge in [0.05, 0.1) is 14.2 Å². The average molecular weight is 517 g/mol. The van der Waals surface area contributed by atoms with Crippen molar-refractivity contribution in [1.29, 1.82) is 0 Å². The SMILES string of the molecule is CCC(C)NCCc1ccc(CN(CC)c2cc(OC)c(OC)cc2C2CCc3cc(O)ccc3C2)cc1. The van der Waals surface area contributed by atoms with Gasteiger partial charge in [-0.3, -0.25) is 0 Å². The highest BCUT2D eigenvalue weighted by Crippen LogP contribution is 2.43. The van der Waals surface area contributed by atoms with Gasteiger partial charge in [-0.15, -0.1) is 0 Å². The Labute approximate surface area is 228 Å². The molecule has 5 nitrogen and oxygen atoms in total. The Morgan fingerprint density at radius 3 is 2.34 bits per heavy atom. The molecule has 3 aromatic rings. The third-order valence-corrected chi connectivity index (χ3v) is 8.03. The maximum absolute atomic E-state index is 9.94. The summed E-state index contributed by atoms with van der Waals surface area (Å²) in [6.07, 6.45) is 5.15. The minimum absolute atomic E-state index is 0.351. The maximum atomic E-state index is 9.94. The second-order valence-corrected chi connectivity index (χ2v) is 10.5. The molecule has 4 rings (SSSR count). The Bertz CT molecular complexity index is 1190. The second kappa shape index (κ2) is 13.1. The van der Waals surface area contributed by atoms with Gasteiger partial charge in [0.15, 0.2) is 11.5 Å². The number of anilines is 1. The van der Waals surface area contributed by atoms with E-state index in [4.69, 9.17) is 9.47 Å². The number of phenolic OH excluding ortho intramolecular Hbond substituents is 1. The predicted octanol–water partition coefficient (Wildman–Crippen LogP) is 6.64. The maximum Gasteiger partial charge on any atom is 0.162 e. The Hall–Kier alpha value is -3.18. The number of aryl methyl sites for hydroxylation is 1. The fraction of sp³-hybridized carbons (Fsp3) is 0.455. The molecule has 38 heavy (non-hydrogen) atoms. The fourth-order valence-electron chi connectivity index (χ4n) is 5.50. The van der Waals surface area contributed by atoms with E-state index in [9.17, 15) is 5.11 Å². The molecule has 0 fully saturated rings. The molecule has 2 unspecified atom stereocenters. The van der Waals surface area contributed by atoms with E-state index in [2.05, 4.69) is 73.5 Å². The summed E-state index contributed by atoms with van der Waals surface area (Å²) in [5, 5.41) is 13.5. The first-order chi connectivity index (χ1) is 18.4. The molecule has 2 N–H and O–H groups in total. The summed E-state index contributed by atoms with van der Waals surface area (Å²) in [7, 11) is 3.41. The molecule has 3 aromatic carbocycles. The van der Waals surface area contributed by atoms with E-state index < -0.39 is 0 Å². The van der Waals surface area contributed by atoms with E-state index in [1.54, 1.807) is 20.3 Å². The molecular weight excluding hydrogens is 472 g/mol. The van der Waals surface area contributed by atoms with Crippen LogP contribution in [-0.2, 0) is 25.8 Å². The number of benzene rings is 3. The van der Waals surface area contributed by atoms with Crippen molar-refractivity contribution in [3.63, 3.8) is 0 Å². The minimum Gasteiger partial charge on any atom is -0.508 e. The first kappa shape index (κ1) is 27.8. The van der Waals surface area contributed by atoms with Crippen molar-refractivity contribution in [2.24, 2.45) is 0 Å². The molecule has 0 aromatic heterocycles. The molecule has 0 spiro atoms. The van der Waals surface area contributed by atoms with Crippen molar-refractivity contribution < 1.29 is 14.6 Å². The summed E-state index contributed by atoms with van der Waals surface area (Å²) >= 11 is 0. The van der Waals surface area contributed by atoms with Crippen molar-refractivity contribution in [3.05, 3.63) is 82.4 Å². The van der Waals surface area contributed by atoms with E-state index in [1.165, 1.54) is 33.5 Å². The number of hydrogen-bond acceptors (Lipinski definition) is 5. The van der Waals surface area contributed by atoms with E-state index in [0.29, 0.717) is 17.7 Å². The smallest absolute Gasteiger partial charge is 0.162 e. The fourth-order valence-corrected chi connectivity index (χ4v) is 5.50. The van der Waals surface area contributed by atoms with Crippen LogP contribution in [0.4, 0.5) is 5.69 Å². The quantitative estimate of drug-likeness (QED) is 0.283. The van der Waals surface area contributed by atoms with Crippen molar-refractivity contribution in [3.8, 4) is 17.2 Å². The zero-order valence-electron chi connectivity index (χ0n) is 23.7. The average Bonchev–Trinajstić information content (AvgIpc) is 2.95. The Balaban J connectivity index is 1.57. The number of aromatic hydroxyl groups is 1. The molecule has 1 aliphatic carbocycles. The van der Waals surface area contributed by atoms with Gasteiger partial charge in [0.2, 0.25) is 0 Å². The number of rotatable bonds is 12. The molecule has 0 amide bonds. The Kier molecular flexibility index (Phi) is 9.57. The van der Waals surface area contributed by atoms with Gasteiger partial charge < -0.3 is 24.8 Å². The highest BCUT2D eigenvalue weighted by atomic mass is 16.5. The largest absolute Gasteiger partial charge is 0.508 e. The van der Waals surface area contributed by atoms with Crippen LogP contribution >= 0.6 is 0 Å². The van der Waals surface area contributed by atoms with Crippen molar-refractivity contribution in [2.45, 2.75) is 71.4 Å². The van der Waals surface area contributed by atoms with Crippen LogP contribution in [0.2, 0.25) is 0 Å². The number of fused-ring (bicyclic) bond motifs is 1. The molecule has 0 heterocycles. The number of hydrogen-bond donors (Lipinski definition) is 2. The number of nitrogens with one attached hydrogen (secondary N) is 1. The lowest BCUT2D eigenvalue weighted by atomic mass is 9.79. The standard InChI is InChI=1S/C33H44N2O3/c1-6-23(3)34-17-16-24-8-10-25(11-9-24)22-35(7-2)31-21-33(38-5)32(37-4)20-30(31)28-13-12-27-19-29(36)15-14-26(27)18-28/h8-11,14-15,19-21,23,28,34,36H,6-7,12-13,16-18,22H2,1-5H3. The van der Waals surface area contributed by atoms with Crippen LogP contribution in [0.25, 0.3) is 0 Å². The molecule has 0 bridgehead atoms. The molecule has 2 atom stereocenters. The molecule has 204 valence electrons. The molecule has 1 aliphatic rings. The zero-order chi connectivity index (χ0) is 27.1. The van der Waals surface area contributed by atoms with Gasteiger partial charge in [-0.05, 0) is 104 Å².